The number of ether oxygens (including phenoxy) is 1. The van der Waals surface area contributed by atoms with Crippen LogP contribution in [0.1, 0.15) is 36.8 Å². The molecule has 1 atom stereocenters. The molecule has 7 nitrogen and oxygen atoms in total. The van der Waals surface area contributed by atoms with E-state index in [1.807, 2.05) is 42.5 Å². The van der Waals surface area contributed by atoms with E-state index < -0.39 is 26.2 Å². The predicted octanol–water partition coefficient (Wildman–Crippen LogP) is 6.50. The third-order valence-electron chi connectivity index (χ3n) is 6.78. The van der Waals surface area contributed by atoms with Gasteiger partial charge in [0.2, 0.25) is 5.91 Å². The summed E-state index contributed by atoms with van der Waals surface area (Å²) in [4.78, 5) is 29.9. The van der Waals surface area contributed by atoms with Crippen LogP contribution in [0.15, 0.2) is 72.8 Å². The molecule has 0 radical (unpaired) electrons. The number of rotatable bonds is 10. The van der Waals surface area contributed by atoms with Crippen LogP contribution in [-0.4, -0.2) is 49.3 Å². The predicted molar refractivity (Wildman–Crippen MR) is 166 cm³/mol. The summed E-state index contributed by atoms with van der Waals surface area (Å²) in [6.45, 7) is 1.92. The Morgan fingerprint density at radius 1 is 1.00 bits per heavy atom. The Morgan fingerprint density at radius 3 is 2.46 bits per heavy atom. The molecule has 39 heavy (non-hydrogen) atoms. The van der Waals surface area contributed by atoms with Crippen molar-refractivity contribution in [3.63, 3.8) is 0 Å². The average Bonchev–Trinajstić information content (AvgIpc) is 2.94. The summed E-state index contributed by atoms with van der Waals surface area (Å²) < 4.78 is 8.33. The van der Waals surface area contributed by atoms with Gasteiger partial charge in [0.05, 0.1) is 6.61 Å². The first kappa shape index (κ1) is 29.0. The van der Waals surface area contributed by atoms with Crippen molar-refractivity contribution in [1.82, 2.24) is 3.11 Å². The summed E-state index contributed by atoms with van der Waals surface area (Å²) in [5, 5.41) is 15.1. The quantitative estimate of drug-likeness (QED) is 0.133. The normalized spacial score (nSPS) is 15.9. The topological polar surface area (TPSA) is 90.9 Å². The second-order valence-electron chi connectivity index (χ2n) is 9.88. The number of piperidine rings is 1. The van der Waals surface area contributed by atoms with Crippen LogP contribution in [0.2, 0.25) is 0 Å². The standard InChI is InChI=1S/C31H38IN3O4/c1-32(2)35-19-7-11-27(21-35)39-31(38)34-29-18-15-23(20-28(29)25-9-4-3-5-10-25)8-6-12-30(37)33-26-16-13-24(22-36)14-17-26/h3-5,9-10,13-18,20,27,36H,6-8,11-12,19,21-22H2,1-2H3,(H,33,37)(H,34,38). The van der Waals surface area contributed by atoms with Gasteiger partial charge in [-0.05, 0) is 17.7 Å². The first-order valence-electron chi connectivity index (χ1n) is 13.3. The van der Waals surface area contributed by atoms with Gasteiger partial charge in [0, 0.05) is 12.1 Å². The van der Waals surface area contributed by atoms with Gasteiger partial charge < -0.3 is 10.4 Å². The summed E-state index contributed by atoms with van der Waals surface area (Å²) in [7, 11) is 0. The molecule has 4 rings (SSSR count). The van der Waals surface area contributed by atoms with Crippen LogP contribution in [0.4, 0.5) is 16.2 Å². The fourth-order valence-corrected chi connectivity index (χ4v) is 7.20. The van der Waals surface area contributed by atoms with Gasteiger partial charge in [0.1, 0.15) is 0 Å². The molecule has 1 fully saturated rings. The van der Waals surface area contributed by atoms with Crippen LogP contribution in [0.3, 0.4) is 0 Å². The zero-order valence-electron chi connectivity index (χ0n) is 22.7. The van der Waals surface area contributed by atoms with E-state index in [1.165, 1.54) is 0 Å². The molecule has 208 valence electrons. The number of aliphatic hydroxyl groups is 1. The van der Waals surface area contributed by atoms with E-state index in [9.17, 15) is 9.59 Å². The molecule has 2 amide bonds. The molecular formula is C31H38IN3O4. The third kappa shape index (κ3) is 8.78. The Kier molecular flexibility index (Phi) is 10.8. The number of aryl methyl sites for hydroxylation is 1. The molecule has 0 aromatic heterocycles. The second kappa shape index (κ2) is 14.4. The molecule has 1 heterocycles. The maximum absolute atomic E-state index is 12.9. The number of hydrogen-bond donors (Lipinski definition) is 3. The van der Waals surface area contributed by atoms with Crippen molar-refractivity contribution >= 4 is 43.5 Å². The van der Waals surface area contributed by atoms with E-state index in [2.05, 4.69) is 29.7 Å². The van der Waals surface area contributed by atoms with Gasteiger partial charge in [-0.25, -0.2) is 0 Å². The van der Waals surface area contributed by atoms with Crippen molar-refractivity contribution in [2.75, 3.05) is 33.6 Å². The molecule has 1 aliphatic heterocycles. The van der Waals surface area contributed by atoms with Crippen LogP contribution >= 0.6 is 20.1 Å². The minimum atomic E-state index is -1.08. The molecule has 0 saturated carbocycles. The monoisotopic (exact) mass is 643 g/mol. The zero-order valence-corrected chi connectivity index (χ0v) is 24.8. The van der Waals surface area contributed by atoms with Crippen molar-refractivity contribution in [2.45, 2.75) is 44.8 Å². The second-order valence-corrected chi connectivity index (χ2v) is 15.3. The molecule has 1 saturated heterocycles. The number of carbonyl (C=O) groups is 2. The Bertz CT molecular complexity index is 1230. The van der Waals surface area contributed by atoms with Crippen LogP contribution in [0, 0.1) is 0 Å². The molecule has 1 unspecified atom stereocenters. The van der Waals surface area contributed by atoms with Gasteiger partial charge in [0.25, 0.3) is 0 Å². The molecule has 0 spiro atoms. The number of nitrogens with zero attached hydrogens (tertiary/aromatic N) is 1. The van der Waals surface area contributed by atoms with Crippen LogP contribution in [0.25, 0.3) is 11.1 Å². The van der Waals surface area contributed by atoms with E-state index >= 15 is 0 Å². The van der Waals surface area contributed by atoms with E-state index in [0.29, 0.717) is 18.5 Å². The Labute approximate surface area is 238 Å². The molecule has 8 heteroatoms. The van der Waals surface area contributed by atoms with Gasteiger partial charge in [-0.1, -0.05) is 12.1 Å². The summed E-state index contributed by atoms with van der Waals surface area (Å²) >= 11 is -1.08. The van der Waals surface area contributed by atoms with E-state index in [4.69, 9.17) is 9.84 Å². The summed E-state index contributed by atoms with van der Waals surface area (Å²) in [5.74, 6) is -0.0437. The molecule has 3 aromatic carbocycles. The average molecular weight is 644 g/mol. The van der Waals surface area contributed by atoms with E-state index in [0.717, 1.165) is 60.3 Å². The van der Waals surface area contributed by atoms with E-state index in [1.54, 1.807) is 24.3 Å². The number of amides is 2. The molecule has 1 aliphatic rings. The minimum absolute atomic E-state index is 0.0202. The Hall–Kier alpha value is -2.95. The molecule has 3 aromatic rings. The number of alkyl halides is 2. The first-order chi connectivity index (χ1) is 18.9. The number of halogens is 1. The fraction of sp³-hybridized carbons (Fsp3) is 0.355. The van der Waals surface area contributed by atoms with Crippen LogP contribution < -0.4 is 10.6 Å². The summed E-state index contributed by atoms with van der Waals surface area (Å²) in [5.41, 5.74) is 5.28. The van der Waals surface area contributed by atoms with Crippen molar-refractivity contribution in [2.24, 2.45) is 0 Å². The number of carbonyl (C=O) groups excluding carboxylic acids is 2. The first-order valence-corrected chi connectivity index (χ1v) is 18.6. The van der Waals surface area contributed by atoms with Crippen molar-refractivity contribution in [1.29, 1.82) is 0 Å². The van der Waals surface area contributed by atoms with Crippen molar-refractivity contribution < 1.29 is 19.4 Å². The van der Waals surface area contributed by atoms with Crippen molar-refractivity contribution in [3.05, 3.63) is 83.9 Å². The molecule has 3 N–H and O–H groups in total. The molecular weight excluding hydrogens is 605 g/mol. The van der Waals surface area contributed by atoms with Crippen LogP contribution in [-0.2, 0) is 22.6 Å². The van der Waals surface area contributed by atoms with E-state index in [-0.39, 0.29) is 18.6 Å². The van der Waals surface area contributed by atoms with Gasteiger partial charge >= 0.3 is 170 Å². The van der Waals surface area contributed by atoms with Gasteiger partial charge in [0.15, 0.2) is 0 Å². The molecule has 0 aliphatic carbocycles. The SMILES string of the molecule is CI(C)N1CCCC(OC(=O)Nc2ccc(CCCC(=O)Nc3ccc(CO)cc3)cc2-c2ccccc2)C1. The third-order valence-corrected chi connectivity index (χ3v) is 10.4. The van der Waals surface area contributed by atoms with Gasteiger partial charge in [-0.2, -0.15) is 0 Å². The van der Waals surface area contributed by atoms with Gasteiger partial charge in [-0.15, -0.1) is 0 Å². The molecule has 0 bridgehead atoms. The summed E-state index contributed by atoms with van der Waals surface area (Å²) in [6.07, 6.45) is 3.30. The van der Waals surface area contributed by atoms with Crippen molar-refractivity contribution in [3.8, 4) is 11.1 Å². The Balaban J connectivity index is 1.37. The maximum atomic E-state index is 12.9. The number of benzene rings is 3. The van der Waals surface area contributed by atoms with Crippen LogP contribution in [0.5, 0.6) is 0 Å². The zero-order chi connectivity index (χ0) is 27.6. The number of hydrogen-bond acceptors (Lipinski definition) is 5. The number of aliphatic hydroxyl groups excluding tert-OH is 1. The summed E-state index contributed by atoms with van der Waals surface area (Å²) in [6, 6.07) is 23.2. The Morgan fingerprint density at radius 2 is 1.74 bits per heavy atom. The number of anilines is 2. The number of nitrogens with one attached hydrogen (secondary N) is 2. The fourth-order valence-electron chi connectivity index (χ4n) is 4.67. The van der Waals surface area contributed by atoms with Gasteiger partial charge in [-0.3, -0.25) is 4.79 Å².